The number of rotatable bonds is 8. The summed E-state index contributed by atoms with van der Waals surface area (Å²) in [6.07, 6.45) is 1.91. The minimum absolute atomic E-state index is 0.0895. The molecule has 0 amide bonds. The van der Waals surface area contributed by atoms with Crippen LogP contribution in [-0.4, -0.2) is 48.8 Å². The van der Waals surface area contributed by atoms with Crippen molar-refractivity contribution in [3.63, 3.8) is 0 Å². The first-order valence-electron chi connectivity index (χ1n) is 9.56. The van der Waals surface area contributed by atoms with Crippen molar-refractivity contribution in [2.24, 2.45) is 5.92 Å². The second-order valence-corrected chi connectivity index (χ2v) is 7.21. The Morgan fingerprint density at radius 2 is 1.50 bits per heavy atom. The van der Waals surface area contributed by atoms with Gasteiger partial charge in [0.2, 0.25) is 0 Å². The van der Waals surface area contributed by atoms with Crippen LogP contribution in [0.4, 0.5) is 8.78 Å². The van der Waals surface area contributed by atoms with Gasteiger partial charge in [-0.3, -0.25) is 0 Å². The molecule has 150 valence electrons. The van der Waals surface area contributed by atoms with Crippen LogP contribution < -0.4 is 0 Å². The molecule has 0 unspecified atom stereocenters. The molecule has 0 saturated carbocycles. The first-order valence-corrected chi connectivity index (χ1v) is 9.56. The van der Waals surface area contributed by atoms with Gasteiger partial charge in [-0.1, -0.05) is 24.3 Å². The number of carboxylic acids is 1. The Bertz CT molecular complexity index is 711. The summed E-state index contributed by atoms with van der Waals surface area (Å²) in [7, 11) is 0. The smallest absolute Gasteiger partial charge is 0.329 e. The zero-order chi connectivity index (χ0) is 19.9. The zero-order valence-electron chi connectivity index (χ0n) is 15.7. The largest absolute Gasteiger partial charge is 0.480 e. The maximum atomic E-state index is 13.4. The average Bonchev–Trinajstić information content (AvgIpc) is 2.69. The van der Waals surface area contributed by atoms with Crippen molar-refractivity contribution in [2.75, 3.05) is 32.8 Å². The van der Waals surface area contributed by atoms with Crippen LogP contribution in [0.5, 0.6) is 0 Å². The molecular formula is C22H25F2NO3. The Labute approximate surface area is 163 Å². The minimum atomic E-state index is -0.958. The van der Waals surface area contributed by atoms with Crippen LogP contribution in [0.25, 0.3) is 0 Å². The standard InChI is InChI=1S/C22H25F2NO3/c23-19-5-1-16(2-6-19)22(17-3-7-20(24)8-4-17)18-9-11-25(12-10-18)13-14-28-15-21(26)27/h1-8,18,22H,9-15H2,(H,26,27). The highest BCUT2D eigenvalue weighted by molar-refractivity contribution is 5.67. The molecule has 1 N–H and O–H groups in total. The predicted octanol–water partition coefficient (Wildman–Crippen LogP) is 3.91. The molecule has 6 heteroatoms. The molecule has 0 atom stereocenters. The lowest BCUT2D eigenvalue weighted by Crippen LogP contribution is -2.38. The molecule has 2 aromatic rings. The quantitative estimate of drug-likeness (QED) is 0.696. The van der Waals surface area contributed by atoms with Crippen LogP contribution in [-0.2, 0) is 9.53 Å². The first kappa shape index (κ1) is 20.4. The van der Waals surface area contributed by atoms with Crippen LogP contribution in [0.2, 0.25) is 0 Å². The van der Waals surface area contributed by atoms with Gasteiger partial charge in [-0.25, -0.2) is 13.6 Å². The molecule has 1 aliphatic rings. The third-order valence-electron chi connectivity index (χ3n) is 5.34. The molecule has 28 heavy (non-hydrogen) atoms. The monoisotopic (exact) mass is 389 g/mol. The van der Waals surface area contributed by atoms with E-state index in [0.29, 0.717) is 19.1 Å². The lowest BCUT2D eigenvalue weighted by molar-refractivity contribution is -0.142. The zero-order valence-corrected chi connectivity index (χ0v) is 15.7. The van der Waals surface area contributed by atoms with E-state index in [4.69, 9.17) is 9.84 Å². The van der Waals surface area contributed by atoms with Crippen molar-refractivity contribution in [3.05, 3.63) is 71.3 Å². The summed E-state index contributed by atoms with van der Waals surface area (Å²) in [5, 5.41) is 8.61. The van der Waals surface area contributed by atoms with Gasteiger partial charge in [0.15, 0.2) is 0 Å². The summed E-state index contributed by atoms with van der Waals surface area (Å²) < 4.78 is 31.9. The number of nitrogens with zero attached hydrogens (tertiary/aromatic N) is 1. The fourth-order valence-corrected chi connectivity index (χ4v) is 3.94. The van der Waals surface area contributed by atoms with E-state index in [9.17, 15) is 13.6 Å². The van der Waals surface area contributed by atoms with E-state index in [1.807, 2.05) is 24.3 Å². The van der Waals surface area contributed by atoms with Crippen LogP contribution in [0.1, 0.15) is 29.9 Å². The number of piperidine rings is 1. The summed E-state index contributed by atoms with van der Waals surface area (Å²) >= 11 is 0. The van der Waals surface area contributed by atoms with E-state index in [1.165, 1.54) is 24.3 Å². The van der Waals surface area contributed by atoms with Crippen molar-refractivity contribution in [2.45, 2.75) is 18.8 Å². The van der Waals surface area contributed by atoms with Crippen molar-refractivity contribution in [3.8, 4) is 0 Å². The molecule has 1 aliphatic heterocycles. The number of aliphatic carboxylic acids is 1. The Morgan fingerprint density at radius 3 is 1.96 bits per heavy atom. The molecule has 1 heterocycles. The minimum Gasteiger partial charge on any atom is -0.480 e. The van der Waals surface area contributed by atoms with Gasteiger partial charge in [0.25, 0.3) is 0 Å². The Balaban J connectivity index is 1.66. The van der Waals surface area contributed by atoms with E-state index in [1.54, 1.807) is 0 Å². The van der Waals surface area contributed by atoms with Crippen LogP contribution in [0.3, 0.4) is 0 Å². The summed E-state index contributed by atoms with van der Waals surface area (Å²) in [5.41, 5.74) is 2.08. The molecule has 4 nitrogen and oxygen atoms in total. The normalized spacial score (nSPS) is 15.8. The molecule has 0 radical (unpaired) electrons. The van der Waals surface area contributed by atoms with Gasteiger partial charge >= 0.3 is 5.97 Å². The molecular weight excluding hydrogens is 364 g/mol. The van der Waals surface area contributed by atoms with Gasteiger partial charge in [-0.05, 0) is 67.2 Å². The fraction of sp³-hybridized carbons (Fsp3) is 0.409. The number of benzene rings is 2. The molecule has 1 fully saturated rings. The van der Waals surface area contributed by atoms with E-state index in [2.05, 4.69) is 4.90 Å². The average molecular weight is 389 g/mol. The highest BCUT2D eigenvalue weighted by Gasteiger charge is 2.29. The molecule has 0 spiro atoms. The molecule has 0 aliphatic carbocycles. The van der Waals surface area contributed by atoms with E-state index in [-0.39, 0.29) is 24.2 Å². The van der Waals surface area contributed by atoms with E-state index in [0.717, 1.165) is 37.1 Å². The molecule has 3 rings (SSSR count). The van der Waals surface area contributed by atoms with E-state index >= 15 is 0 Å². The SMILES string of the molecule is O=C(O)COCCN1CCC(C(c2ccc(F)cc2)c2ccc(F)cc2)CC1. The van der Waals surface area contributed by atoms with Gasteiger partial charge in [0.05, 0.1) is 6.61 Å². The number of hydrogen-bond donors (Lipinski definition) is 1. The predicted molar refractivity (Wildman–Crippen MR) is 102 cm³/mol. The number of halogens is 2. The number of carboxylic acid groups (broad SMARTS) is 1. The van der Waals surface area contributed by atoms with Crippen LogP contribution >= 0.6 is 0 Å². The number of hydrogen-bond acceptors (Lipinski definition) is 3. The second kappa shape index (κ2) is 9.75. The van der Waals surface area contributed by atoms with Crippen molar-refractivity contribution < 1.29 is 23.4 Å². The lowest BCUT2D eigenvalue weighted by atomic mass is 9.76. The van der Waals surface area contributed by atoms with E-state index < -0.39 is 5.97 Å². The molecule has 1 saturated heterocycles. The Kier molecular flexibility index (Phi) is 7.12. The van der Waals surface area contributed by atoms with Crippen LogP contribution in [0, 0.1) is 17.6 Å². The number of ether oxygens (including phenoxy) is 1. The highest BCUT2D eigenvalue weighted by Crippen LogP contribution is 2.38. The molecule has 0 aromatic heterocycles. The van der Waals surface area contributed by atoms with Crippen molar-refractivity contribution in [1.29, 1.82) is 0 Å². The summed E-state index contributed by atoms with van der Waals surface area (Å²) in [6.45, 7) is 2.61. The Morgan fingerprint density at radius 1 is 1.00 bits per heavy atom. The van der Waals surface area contributed by atoms with Crippen LogP contribution in [0.15, 0.2) is 48.5 Å². The molecule has 0 bridgehead atoms. The van der Waals surface area contributed by atoms with Gasteiger partial charge in [0, 0.05) is 12.5 Å². The number of likely N-dealkylation sites (tertiary alicyclic amines) is 1. The summed E-state index contributed by atoms with van der Waals surface area (Å²) in [4.78, 5) is 12.8. The lowest BCUT2D eigenvalue weighted by Gasteiger charge is -2.36. The van der Waals surface area contributed by atoms with Gasteiger partial charge in [-0.15, -0.1) is 0 Å². The van der Waals surface area contributed by atoms with Gasteiger partial charge in [0.1, 0.15) is 18.2 Å². The third kappa shape index (κ3) is 5.59. The molecule has 2 aromatic carbocycles. The third-order valence-corrected chi connectivity index (χ3v) is 5.34. The second-order valence-electron chi connectivity index (χ2n) is 7.21. The number of carbonyl (C=O) groups is 1. The summed E-state index contributed by atoms with van der Waals surface area (Å²) in [5.74, 6) is -1.03. The topological polar surface area (TPSA) is 49.8 Å². The summed E-state index contributed by atoms with van der Waals surface area (Å²) in [6, 6.07) is 13.2. The van der Waals surface area contributed by atoms with Gasteiger partial charge < -0.3 is 14.7 Å². The highest BCUT2D eigenvalue weighted by atomic mass is 19.1. The Hall–Kier alpha value is -2.31. The first-order chi connectivity index (χ1) is 13.5. The van der Waals surface area contributed by atoms with Crippen molar-refractivity contribution >= 4 is 5.97 Å². The van der Waals surface area contributed by atoms with Crippen molar-refractivity contribution in [1.82, 2.24) is 4.90 Å². The fourth-order valence-electron chi connectivity index (χ4n) is 3.94. The van der Waals surface area contributed by atoms with Gasteiger partial charge in [-0.2, -0.15) is 0 Å². The maximum absolute atomic E-state index is 13.4. The maximum Gasteiger partial charge on any atom is 0.329 e.